The van der Waals surface area contributed by atoms with Crippen LogP contribution in [0.1, 0.15) is 34.7 Å². The van der Waals surface area contributed by atoms with Crippen LogP contribution < -0.4 is 0 Å². The summed E-state index contributed by atoms with van der Waals surface area (Å²) in [6.07, 6.45) is 7.87. The molecule has 1 aliphatic heterocycles. The van der Waals surface area contributed by atoms with Crippen molar-refractivity contribution in [3.05, 3.63) is 65.8 Å². The molecule has 1 saturated heterocycles. The monoisotopic (exact) mass is 393 g/mol. The van der Waals surface area contributed by atoms with E-state index >= 15 is 0 Å². The number of hydrogen-bond acceptors (Lipinski definition) is 4. The molecule has 6 nitrogen and oxygen atoms in total. The van der Waals surface area contributed by atoms with Crippen LogP contribution in [0.5, 0.6) is 0 Å². The molecule has 0 radical (unpaired) electrons. The molecule has 0 bridgehead atoms. The second-order valence-corrected chi connectivity index (χ2v) is 7.55. The van der Waals surface area contributed by atoms with Crippen LogP contribution in [0, 0.1) is 18.7 Å². The van der Waals surface area contributed by atoms with Gasteiger partial charge in [0, 0.05) is 38.1 Å². The number of likely N-dealkylation sites (tertiary alicyclic amines) is 1. The van der Waals surface area contributed by atoms with Gasteiger partial charge in [0.1, 0.15) is 17.3 Å². The zero-order valence-corrected chi connectivity index (χ0v) is 16.7. The highest BCUT2D eigenvalue weighted by Gasteiger charge is 2.25. The first-order valence-corrected chi connectivity index (χ1v) is 9.86. The summed E-state index contributed by atoms with van der Waals surface area (Å²) in [7, 11) is 1.98. The summed E-state index contributed by atoms with van der Waals surface area (Å²) in [5.41, 5.74) is 3.20. The van der Waals surface area contributed by atoms with Crippen LogP contribution in [0.4, 0.5) is 4.39 Å². The molecule has 2 aromatic heterocycles. The maximum absolute atomic E-state index is 13.4. The highest BCUT2D eigenvalue weighted by molar-refractivity contribution is 5.94. The number of amides is 1. The highest BCUT2D eigenvalue weighted by Crippen LogP contribution is 2.27. The van der Waals surface area contributed by atoms with Crippen molar-refractivity contribution < 1.29 is 9.18 Å². The number of imidazole rings is 1. The third-order valence-electron chi connectivity index (χ3n) is 5.69. The lowest BCUT2D eigenvalue weighted by atomic mass is 9.91. The molecule has 0 saturated carbocycles. The van der Waals surface area contributed by atoms with Crippen molar-refractivity contribution in [3.63, 3.8) is 0 Å². The van der Waals surface area contributed by atoms with E-state index in [4.69, 9.17) is 0 Å². The molecule has 29 heavy (non-hydrogen) atoms. The highest BCUT2D eigenvalue weighted by atomic mass is 19.1. The number of aryl methyl sites for hydroxylation is 1. The topological polar surface area (TPSA) is 63.9 Å². The third kappa shape index (κ3) is 4.04. The van der Waals surface area contributed by atoms with E-state index in [-0.39, 0.29) is 11.7 Å². The fourth-order valence-electron chi connectivity index (χ4n) is 3.87. The minimum atomic E-state index is -0.383. The molecule has 0 N–H and O–H groups in total. The van der Waals surface area contributed by atoms with Gasteiger partial charge in [0.2, 0.25) is 0 Å². The van der Waals surface area contributed by atoms with Gasteiger partial charge in [0.25, 0.3) is 5.91 Å². The fourth-order valence-corrected chi connectivity index (χ4v) is 3.87. The molecule has 3 heterocycles. The molecule has 0 unspecified atom stereocenters. The summed E-state index contributed by atoms with van der Waals surface area (Å²) in [5.74, 6) is 0.872. The molecule has 1 aromatic carbocycles. The van der Waals surface area contributed by atoms with E-state index in [1.165, 1.54) is 12.1 Å². The normalized spacial score (nSPS) is 14.9. The van der Waals surface area contributed by atoms with Gasteiger partial charge in [-0.25, -0.2) is 9.37 Å². The van der Waals surface area contributed by atoms with Crippen LogP contribution in [-0.2, 0) is 13.5 Å². The molecule has 7 heteroatoms. The first-order valence-electron chi connectivity index (χ1n) is 9.86. The van der Waals surface area contributed by atoms with Gasteiger partial charge in [-0.15, -0.1) is 0 Å². The predicted molar refractivity (Wildman–Crippen MR) is 108 cm³/mol. The Hall–Kier alpha value is -3.09. The van der Waals surface area contributed by atoms with E-state index in [2.05, 4.69) is 15.0 Å². The quantitative estimate of drug-likeness (QED) is 0.681. The van der Waals surface area contributed by atoms with E-state index in [1.807, 2.05) is 29.6 Å². The lowest BCUT2D eigenvalue weighted by Gasteiger charge is -2.32. The average molecular weight is 393 g/mol. The van der Waals surface area contributed by atoms with Gasteiger partial charge in [0.05, 0.1) is 17.6 Å². The van der Waals surface area contributed by atoms with Gasteiger partial charge in [-0.1, -0.05) is 6.07 Å². The summed E-state index contributed by atoms with van der Waals surface area (Å²) in [4.78, 5) is 27.9. The summed E-state index contributed by atoms with van der Waals surface area (Å²) in [6, 6.07) is 5.89. The minimum Gasteiger partial charge on any atom is -0.339 e. The molecule has 0 aliphatic carbocycles. The van der Waals surface area contributed by atoms with Gasteiger partial charge in [-0.2, -0.15) is 0 Å². The molecule has 3 aromatic rings. The fraction of sp³-hybridized carbons (Fsp3) is 0.364. The number of nitrogens with zero attached hydrogens (tertiary/aromatic N) is 5. The Labute approximate surface area is 169 Å². The third-order valence-corrected chi connectivity index (χ3v) is 5.69. The van der Waals surface area contributed by atoms with Crippen molar-refractivity contribution in [2.24, 2.45) is 13.0 Å². The SMILES string of the molecule is Cc1ncc(-c2nccnc2CC2CCN(C(=O)c3cccc(F)c3)CC2)n1C. The van der Waals surface area contributed by atoms with Crippen LogP contribution >= 0.6 is 0 Å². The smallest absolute Gasteiger partial charge is 0.253 e. The molecule has 0 spiro atoms. The van der Waals surface area contributed by atoms with Crippen molar-refractivity contribution in [1.29, 1.82) is 0 Å². The molecule has 4 rings (SSSR count). The Morgan fingerprint density at radius 1 is 1.17 bits per heavy atom. The summed E-state index contributed by atoms with van der Waals surface area (Å²) >= 11 is 0. The molecule has 1 aliphatic rings. The predicted octanol–water partition coefficient (Wildman–Crippen LogP) is 3.42. The lowest BCUT2D eigenvalue weighted by molar-refractivity contribution is 0.0689. The molecular weight excluding hydrogens is 369 g/mol. The maximum atomic E-state index is 13.4. The van der Waals surface area contributed by atoms with Crippen molar-refractivity contribution in [3.8, 4) is 11.4 Å². The number of halogens is 1. The van der Waals surface area contributed by atoms with Gasteiger partial charge >= 0.3 is 0 Å². The van der Waals surface area contributed by atoms with Gasteiger partial charge in [-0.05, 0) is 50.3 Å². The van der Waals surface area contributed by atoms with E-state index in [9.17, 15) is 9.18 Å². The summed E-state index contributed by atoms with van der Waals surface area (Å²) < 4.78 is 15.4. The molecule has 150 valence electrons. The molecule has 1 amide bonds. The van der Waals surface area contributed by atoms with E-state index in [0.29, 0.717) is 24.6 Å². The molecular formula is C22H24FN5O. The van der Waals surface area contributed by atoms with Crippen LogP contribution in [-0.4, -0.2) is 43.4 Å². The van der Waals surface area contributed by atoms with Gasteiger partial charge in [0.15, 0.2) is 0 Å². The Balaban J connectivity index is 1.43. The first kappa shape index (κ1) is 19.2. The Bertz CT molecular complexity index is 1020. The van der Waals surface area contributed by atoms with Crippen LogP contribution in [0.3, 0.4) is 0 Å². The van der Waals surface area contributed by atoms with Gasteiger partial charge < -0.3 is 9.47 Å². The first-order chi connectivity index (χ1) is 14.0. The van der Waals surface area contributed by atoms with E-state index in [1.54, 1.807) is 24.5 Å². The van der Waals surface area contributed by atoms with Gasteiger partial charge in [-0.3, -0.25) is 14.8 Å². The van der Waals surface area contributed by atoms with Crippen LogP contribution in [0.2, 0.25) is 0 Å². The van der Waals surface area contributed by atoms with Crippen molar-refractivity contribution in [2.75, 3.05) is 13.1 Å². The number of aromatic nitrogens is 4. The zero-order valence-electron chi connectivity index (χ0n) is 16.7. The zero-order chi connectivity index (χ0) is 20.4. The Morgan fingerprint density at radius 3 is 2.62 bits per heavy atom. The van der Waals surface area contributed by atoms with Crippen LogP contribution in [0.25, 0.3) is 11.4 Å². The standard InChI is InChI=1S/C22H24FN5O/c1-15-26-14-20(27(15)2)21-19(24-8-9-25-21)12-16-6-10-28(11-7-16)22(29)17-4-3-5-18(23)13-17/h3-5,8-9,13-14,16H,6-7,10-12H2,1-2H3. The van der Waals surface area contributed by atoms with E-state index in [0.717, 1.165) is 42.2 Å². The lowest BCUT2D eigenvalue weighted by Crippen LogP contribution is -2.39. The van der Waals surface area contributed by atoms with E-state index < -0.39 is 0 Å². The molecule has 0 atom stereocenters. The number of carbonyl (C=O) groups is 1. The van der Waals surface area contributed by atoms with Crippen molar-refractivity contribution in [1.82, 2.24) is 24.4 Å². The van der Waals surface area contributed by atoms with Crippen LogP contribution in [0.15, 0.2) is 42.9 Å². The number of carbonyl (C=O) groups excluding carboxylic acids is 1. The summed E-state index contributed by atoms with van der Waals surface area (Å²) in [5, 5.41) is 0. The Morgan fingerprint density at radius 2 is 1.93 bits per heavy atom. The number of hydrogen-bond donors (Lipinski definition) is 0. The van der Waals surface area contributed by atoms with Crippen molar-refractivity contribution >= 4 is 5.91 Å². The summed E-state index contributed by atoms with van der Waals surface area (Å²) in [6.45, 7) is 3.30. The number of benzene rings is 1. The minimum absolute atomic E-state index is 0.103. The largest absolute Gasteiger partial charge is 0.339 e. The number of rotatable bonds is 4. The maximum Gasteiger partial charge on any atom is 0.253 e. The molecule has 1 fully saturated rings. The number of piperidine rings is 1. The Kier molecular flexibility index (Phi) is 5.38. The average Bonchev–Trinajstić information content (AvgIpc) is 3.07. The second-order valence-electron chi connectivity index (χ2n) is 7.55. The second kappa shape index (κ2) is 8.11. The van der Waals surface area contributed by atoms with Crippen molar-refractivity contribution in [2.45, 2.75) is 26.2 Å².